The SMILES string of the molecule is O=C(NOC[C@H]1C[C@H](CCl)CN1)C1CCC2CN1C(=O)N2OS(=O)(=O)O. The van der Waals surface area contributed by atoms with Crippen LogP contribution < -0.4 is 10.8 Å². The van der Waals surface area contributed by atoms with Crippen LogP contribution in [0.15, 0.2) is 0 Å². The number of nitrogens with one attached hydrogen (secondary N) is 2. The fourth-order valence-electron chi connectivity index (χ4n) is 3.53. The minimum absolute atomic E-state index is 0.0989. The molecule has 148 valence electrons. The number of carbonyl (C=O) groups excluding carboxylic acids is 2. The first kappa shape index (κ1) is 19.6. The van der Waals surface area contributed by atoms with Crippen LogP contribution in [-0.4, -0.2) is 78.6 Å². The molecule has 3 aliphatic rings. The van der Waals surface area contributed by atoms with Crippen molar-refractivity contribution in [2.24, 2.45) is 5.92 Å². The number of nitrogens with zero attached hydrogens (tertiary/aromatic N) is 2. The van der Waals surface area contributed by atoms with E-state index in [1.54, 1.807) is 0 Å². The van der Waals surface area contributed by atoms with Crippen LogP contribution in [0.5, 0.6) is 0 Å². The lowest BCUT2D eigenvalue weighted by Gasteiger charge is -2.29. The van der Waals surface area contributed by atoms with Crippen LogP contribution >= 0.6 is 11.6 Å². The first-order valence-corrected chi connectivity index (χ1v) is 10.2. The smallest absolute Gasteiger partial charge is 0.311 e. The van der Waals surface area contributed by atoms with Crippen LogP contribution in [0.1, 0.15) is 19.3 Å². The van der Waals surface area contributed by atoms with Crippen molar-refractivity contribution >= 4 is 33.9 Å². The lowest BCUT2D eigenvalue weighted by molar-refractivity contribution is -0.139. The number of hydroxylamine groups is 3. The van der Waals surface area contributed by atoms with E-state index in [1.807, 2.05) is 0 Å². The summed E-state index contributed by atoms with van der Waals surface area (Å²) in [7, 11) is -4.81. The number of urea groups is 1. The number of alkyl halides is 1. The molecule has 3 amide bonds. The molecule has 11 nitrogen and oxygen atoms in total. The van der Waals surface area contributed by atoms with Gasteiger partial charge in [-0.15, -0.1) is 15.9 Å². The van der Waals surface area contributed by atoms with Crippen molar-refractivity contribution < 1.29 is 31.7 Å². The molecule has 2 bridgehead atoms. The molecule has 3 saturated heterocycles. The van der Waals surface area contributed by atoms with Gasteiger partial charge >= 0.3 is 16.4 Å². The molecule has 0 spiro atoms. The summed E-state index contributed by atoms with van der Waals surface area (Å²) in [6.45, 7) is 1.22. The van der Waals surface area contributed by atoms with Crippen LogP contribution in [-0.2, 0) is 24.3 Å². The number of hydrogen-bond donors (Lipinski definition) is 3. The van der Waals surface area contributed by atoms with E-state index >= 15 is 0 Å². The Morgan fingerprint density at radius 3 is 2.85 bits per heavy atom. The van der Waals surface area contributed by atoms with Crippen molar-refractivity contribution in [2.45, 2.75) is 37.4 Å². The highest BCUT2D eigenvalue weighted by Crippen LogP contribution is 2.30. The zero-order chi connectivity index (χ0) is 18.9. The summed E-state index contributed by atoms with van der Waals surface area (Å²) in [5.41, 5.74) is 2.35. The number of halogens is 1. The molecule has 3 rings (SSSR count). The highest BCUT2D eigenvalue weighted by atomic mass is 35.5. The number of piperidine rings is 1. The molecule has 4 atom stereocenters. The van der Waals surface area contributed by atoms with Gasteiger partial charge in [-0.25, -0.2) is 10.3 Å². The van der Waals surface area contributed by atoms with Crippen LogP contribution in [0, 0.1) is 5.92 Å². The van der Waals surface area contributed by atoms with Crippen LogP contribution in [0.25, 0.3) is 0 Å². The normalized spacial score (nSPS) is 31.5. The monoisotopic (exact) mass is 412 g/mol. The zero-order valence-electron chi connectivity index (χ0n) is 13.8. The van der Waals surface area contributed by atoms with Crippen LogP contribution in [0.4, 0.5) is 4.79 Å². The van der Waals surface area contributed by atoms with Crippen molar-refractivity contribution in [1.29, 1.82) is 0 Å². The molecule has 13 heteroatoms. The molecular weight excluding hydrogens is 392 g/mol. The molecule has 3 aliphatic heterocycles. The van der Waals surface area contributed by atoms with E-state index in [0.717, 1.165) is 13.0 Å². The van der Waals surface area contributed by atoms with Gasteiger partial charge in [0.2, 0.25) is 0 Å². The molecule has 0 aromatic rings. The Bertz CT molecular complexity index is 663. The second-order valence-corrected chi connectivity index (χ2v) is 7.96. The highest BCUT2D eigenvalue weighted by molar-refractivity contribution is 7.80. The Balaban J connectivity index is 1.49. The van der Waals surface area contributed by atoms with Crippen LogP contribution in [0.2, 0.25) is 0 Å². The predicted octanol–water partition coefficient (Wildman–Crippen LogP) is -0.746. The minimum Gasteiger partial charge on any atom is -0.311 e. The summed E-state index contributed by atoms with van der Waals surface area (Å²) in [5.74, 6) is 0.461. The highest BCUT2D eigenvalue weighted by Gasteiger charge is 2.49. The molecule has 3 N–H and O–H groups in total. The van der Waals surface area contributed by atoms with Crippen molar-refractivity contribution in [1.82, 2.24) is 20.8 Å². The number of amides is 3. The van der Waals surface area contributed by atoms with Gasteiger partial charge in [-0.05, 0) is 31.7 Å². The van der Waals surface area contributed by atoms with Gasteiger partial charge in [0.25, 0.3) is 5.91 Å². The first-order valence-electron chi connectivity index (χ1n) is 8.26. The van der Waals surface area contributed by atoms with Gasteiger partial charge in [-0.1, -0.05) is 0 Å². The first-order chi connectivity index (χ1) is 12.3. The van der Waals surface area contributed by atoms with Gasteiger partial charge in [-0.3, -0.25) is 14.2 Å². The quantitative estimate of drug-likeness (QED) is 0.282. The van der Waals surface area contributed by atoms with Crippen molar-refractivity contribution in [3.05, 3.63) is 0 Å². The third-order valence-corrected chi connectivity index (χ3v) is 5.57. The average Bonchev–Trinajstić information content (AvgIpc) is 3.13. The van der Waals surface area contributed by atoms with E-state index in [0.29, 0.717) is 29.7 Å². The summed E-state index contributed by atoms with van der Waals surface area (Å²) < 4.78 is 34.8. The standard InChI is InChI=1S/C13H21ClN4O7S/c14-4-8-3-9(15-5-8)7-24-16-12(19)11-2-1-10-6-17(11)13(20)18(10)25-26(21,22)23/h8-11,15H,1-7H2,(H,16,19)(H,21,22,23)/t8-,9-,10?,11?/m1/s1. The van der Waals surface area contributed by atoms with Gasteiger partial charge < -0.3 is 10.2 Å². The van der Waals surface area contributed by atoms with Gasteiger partial charge in [0.05, 0.1) is 12.6 Å². The fourth-order valence-corrected chi connectivity index (χ4v) is 4.16. The molecule has 0 aliphatic carbocycles. The number of fused-ring (bicyclic) bond motifs is 2. The van der Waals surface area contributed by atoms with E-state index in [9.17, 15) is 18.0 Å². The van der Waals surface area contributed by atoms with Gasteiger partial charge in [-0.2, -0.15) is 13.5 Å². The lowest BCUT2D eigenvalue weighted by Crippen LogP contribution is -2.50. The van der Waals surface area contributed by atoms with E-state index in [2.05, 4.69) is 15.1 Å². The Morgan fingerprint density at radius 1 is 1.42 bits per heavy atom. The Labute approximate surface area is 155 Å². The summed E-state index contributed by atoms with van der Waals surface area (Å²) in [6, 6.07) is -2.01. The zero-order valence-corrected chi connectivity index (χ0v) is 15.4. The average molecular weight is 413 g/mol. The Morgan fingerprint density at radius 2 is 2.19 bits per heavy atom. The van der Waals surface area contributed by atoms with E-state index < -0.39 is 34.4 Å². The maximum atomic E-state index is 12.3. The minimum atomic E-state index is -4.81. The third kappa shape index (κ3) is 4.38. The molecule has 0 aromatic heterocycles. The summed E-state index contributed by atoms with van der Waals surface area (Å²) in [6.07, 6.45) is 1.54. The van der Waals surface area contributed by atoms with Gasteiger partial charge in [0, 0.05) is 18.5 Å². The second-order valence-electron chi connectivity index (χ2n) is 6.65. The summed E-state index contributed by atoms with van der Waals surface area (Å²) in [5, 5.41) is 3.84. The maximum Gasteiger partial charge on any atom is 0.418 e. The Kier molecular flexibility index (Phi) is 5.89. The Hall–Kier alpha value is -1.18. The second kappa shape index (κ2) is 7.82. The number of hydrogen-bond acceptors (Lipinski definition) is 7. The molecule has 3 fully saturated rings. The topological polar surface area (TPSA) is 138 Å². The molecule has 26 heavy (non-hydrogen) atoms. The van der Waals surface area contributed by atoms with E-state index in [-0.39, 0.29) is 19.2 Å². The van der Waals surface area contributed by atoms with Gasteiger partial charge in [0.1, 0.15) is 6.04 Å². The molecule has 3 heterocycles. The molecule has 0 radical (unpaired) electrons. The van der Waals surface area contributed by atoms with Crippen molar-refractivity contribution in [3.8, 4) is 0 Å². The van der Waals surface area contributed by atoms with E-state index in [1.165, 1.54) is 4.90 Å². The predicted molar refractivity (Wildman–Crippen MR) is 88.1 cm³/mol. The molecule has 2 unspecified atom stereocenters. The summed E-state index contributed by atoms with van der Waals surface area (Å²) >= 11 is 5.81. The van der Waals surface area contributed by atoms with Crippen molar-refractivity contribution in [2.75, 3.05) is 25.6 Å². The van der Waals surface area contributed by atoms with Gasteiger partial charge in [0.15, 0.2) is 0 Å². The van der Waals surface area contributed by atoms with Crippen LogP contribution in [0.3, 0.4) is 0 Å². The lowest BCUT2D eigenvalue weighted by atomic mass is 10.0. The maximum absolute atomic E-state index is 12.3. The summed E-state index contributed by atoms with van der Waals surface area (Å²) in [4.78, 5) is 31.0. The fraction of sp³-hybridized carbons (Fsp3) is 0.846. The molecule has 0 saturated carbocycles. The molecular formula is C13H21ClN4O7S. The molecule has 0 aromatic carbocycles. The largest absolute Gasteiger partial charge is 0.418 e. The third-order valence-electron chi connectivity index (χ3n) is 4.79. The number of rotatable bonds is 7. The number of carbonyl (C=O) groups is 2. The van der Waals surface area contributed by atoms with Crippen molar-refractivity contribution in [3.63, 3.8) is 0 Å². The van der Waals surface area contributed by atoms with E-state index in [4.69, 9.17) is 21.0 Å².